The maximum absolute atomic E-state index is 13.0. The van der Waals surface area contributed by atoms with Crippen LogP contribution < -0.4 is 14.8 Å². The maximum atomic E-state index is 13.0. The number of aromatic nitrogens is 3. The number of nitrogens with one attached hydrogen (secondary N) is 1. The zero-order valence-electron chi connectivity index (χ0n) is 22.3. The van der Waals surface area contributed by atoms with Gasteiger partial charge in [0, 0.05) is 21.5 Å². The first kappa shape index (κ1) is 29.3. The highest BCUT2D eigenvalue weighted by molar-refractivity contribution is 9.10. The summed E-state index contributed by atoms with van der Waals surface area (Å²) in [6, 6.07) is 18.1. The number of methoxy groups -OCH3 is 2. The number of benzene rings is 3. The molecule has 1 aliphatic heterocycles. The fourth-order valence-corrected chi connectivity index (χ4v) is 6.22. The molecular formula is C29H25BrCl2N4O4S. The number of carbonyl (C=O) groups is 1. The van der Waals surface area contributed by atoms with E-state index in [1.165, 1.54) is 18.9 Å². The zero-order valence-corrected chi connectivity index (χ0v) is 26.2. The van der Waals surface area contributed by atoms with Crippen molar-refractivity contribution in [1.29, 1.82) is 0 Å². The molecule has 1 aromatic heterocycles. The molecule has 0 saturated carbocycles. The lowest BCUT2D eigenvalue weighted by molar-refractivity contribution is -0.136. The Morgan fingerprint density at radius 2 is 1.88 bits per heavy atom. The lowest BCUT2D eigenvalue weighted by atomic mass is 9.95. The molecule has 0 amide bonds. The van der Waals surface area contributed by atoms with Crippen molar-refractivity contribution in [2.24, 2.45) is 0 Å². The zero-order chi connectivity index (χ0) is 29.1. The topological polar surface area (TPSA) is 87.5 Å². The lowest BCUT2D eigenvalue weighted by Gasteiger charge is -2.28. The van der Waals surface area contributed by atoms with E-state index in [4.69, 9.17) is 47.5 Å². The molecule has 3 aromatic carbocycles. The number of fused-ring (bicyclic) bond motifs is 1. The van der Waals surface area contributed by atoms with Gasteiger partial charge in [0.2, 0.25) is 11.1 Å². The van der Waals surface area contributed by atoms with Crippen LogP contribution in [0, 0.1) is 0 Å². The SMILES string of the molecule is COC(=O)C1=C(C)Nc2nc(SCc3ccccc3Cl)nn2C1c1cc(Br)c(OCc2ccc(Cl)cc2)c(OC)c1. The first-order valence-electron chi connectivity index (χ1n) is 12.4. The first-order chi connectivity index (χ1) is 19.8. The number of esters is 1. The minimum atomic E-state index is -0.642. The highest BCUT2D eigenvalue weighted by atomic mass is 79.9. The average Bonchev–Trinajstić information content (AvgIpc) is 3.37. The summed E-state index contributed by atoms with van der Waals surface area (Å²) in [6.07, 6.45) is 0. The highest BCUT2D eigenvalue weighted by Gasteiger charge is 2.36. The van der Waals surface area contributed by atoms with Gasteiger partial charge in [-0.3, -0.25) is 0 Å². The van der Waals surface area contributed by atoms with E-state index in [-0.39, 0.29) is 0 Å². The number of anilines is 1. The number of ether oxygens (including phenoxy) is 3. The van der Waals surface area contributed by atoms with Crippen LogP contribution >= 0.6 is 50.9 Å². The molecule has 0 bridgehead atoms. The van der Waals surface area contributed by atoms with Crippen LogP contribution in [-0.2, 0) is 21.9 Å². The number of rotatable bonds is 9. The van der Waals surface area contributed by atoms with Crippen LogP contribution in [0.5, 0.6) is 11.5 Å². The normalized spacial score (nSPS) is 14.3. The van der Waals surface area contributed by atoms with Crippen molar-refractivity contribution in [1.82, 2.24) is 14.8 Å². The fourth-order valence-electron chi connectivity index (χ4n) is 4.41. The van der Waals surface area contributed by atoms with Crippen LogP contribution in [0.25, 0.3) is 0 Å². The molecule has 4 aromatic rings. The van der Waals surface area contributed by atoms with E-state index in [2.05, 4.69) is 21.2 Å². The Labute approximate surface area is 260 Å². The highest BCUT2D eigenvalue weighted by Crippen LogP contribution is 2.43. The number of nitrogens with zero attached hydrogens (tertiary/aromatic N) is 3. The lowest BCUT2D eigenvalue weighted by Crippen LogP contribution is -2.29. The summed E-state index contributed by atoms with van der Waals surface area (Å²) in [5.41, 5.74) is 3.66. The van der Waals surface area contributed by atoms with Crippen LogP contribution in [0.3, 0.4) is 0 Å². The average molecular weight is 676 g/mol. The molecule has 0 fully saturated rings. The third kappa shape index (κ3) is 6.35. The molecule has 0 radical (unpaired) electrons. The molecule has 1 unspecified atom stereocenters. The Bertz CT molecular complexity index is 1630. The minimum absolute atomic E-state index is 0.310. The molecule has 1 aliphatic rings. The van der Waals surface area contributed by atoms with E-state index in [1.54, 1.807) is 11.8 Å². The summed E-state index contributed by atoms with van der Waals surface area (Å²) < 4.78 is 19.3. The smallest absolute Gasteiger partial charge is 0.338 e. The van der Waals surface area contributed by atoms with Crippen LogP contribution in [-0.4, -0.2) is 35.0 Å². The van der Waals surface area contributed by atoms with Gasteiger partial charge in [-0.2, -0.15) is 4.98 Å². The molecule has 1 N–H and O–H groups in total. The van der Waals surface area contributed by atoms with Crippen molar-refractivity contribution in [3.05, 3.63) is 103 Å². The molecule has 0 aliphatic carbocycles. The summed E-state index contributed by atoms with van der Waals surface area (Å²) in [6.45, 7) is 2.12. The van der Waals surface area contributed by atoms with Gasteiger partial charge < -0.3 is 19.5 Å². The molecule has 2 heterocycles. The number of hydrogen-bond acceptors (Lipinski definition) is 8. The molecule has 0 spiro atoms. The van der Waals surface area contributed by atoms with Crippen molar-refractivity contribution in [3.63, 3.8) is 0 Å². The summed E-state index contributed by atoms with van der Waals surface area (Å²) in [4.78, 5) is 17.7. The molecule has 5 rings (SSSR count). The van der Waals surface area contributed by atoms with E-state index in [1.807, 2.05) is 67.6 Å². The van der Waals surface area contributed by atoms with E-state index in [0.29, 0.717) is 60.8 Å². The standard InChI is InChI=1S/C29H25BrCl2N4O4S/c1-16-24(27(37)39-3)25(36-28(33-16)34-29(35-36)41-15-18-6-4-5-7-22(18)32)19-12-21(30)26(23(13-19)38-2)40-14-17-8-10-20(31)11-9-17/h4-13,25H,14-15H2,1-3H3,(H,33,34,35). The van der Waals surface area contributed by atoms with Gasteiger partial charge in [-0.1, -0.05) is 65.3 Å². The second kappa shape index (κ2) is 12.8. The van der Waals surface area contributed by atoms with Crippen molar-refractivity contribution in [2.45, 2.75) is 30.5 Å². The fraction of sp³-hybridized carbons (Fsp3) is 0.207. The molecule has 41 heavy (non-hydrogen) atoms. The largest absolute Gasteiger partial charge is 0.493 e. The monoisotopic (exact) mass is 674 g/mol. The Hall–Kier alpha value is -3.18. The minimum Gasteiger partial charge on any atom is -0.493 e. The van der Waals surface area contributed by atoms with Gasteiger partial charge in [-0.15, -0.1) is 5.10 Å². The molecule has 12 heteroatoms. The van der Waals surface area contributed by atoms with Gasteiger partial charge >= 0.3 is 5.97 Å². The quantitative estimate of drug-likeness (QED) is 0.143. The predicted molar refractivity (Wildman–Crippen MR) is 164 cm³/mol. The number of hydrogen-bond donors (Lipinski definition) is 1. The molecule has 8 nitrogen and oxygen atoms in total. The Morgan fingerprint density at radius 1 is 1.12 bits per heavy atom. The second-order valence-corrected chi connectivity index (χ2v) is 11.7. The Balaban J connectivity index is 1.50. The van der Waals surface area contributed by atoms with Crippen LogP contribution in [0.1, 0.15) is 29.7 Å². The third-order valence-corrected chi connectivity index (χ3v) is 8.51. The van der Waals surface area contributed by atoms with E-state index in [0.717, 1.165) is 16.7 Å². The number of allylic oxidation sites excluding steroid dienone is 1. The van der Waals surface area contributed by atoms with Crippen molar-refractivity contribution < 1.29 is 19.0 Å². The Morgan fingerprint density at radius 3 is 2.59 bits per heavy atom. The predicted octanol–water partition coefficient (Wildman–Crippen LogP) is 7.69. The van der Waals surface area contributed by atoms with E-state index < -0.39 is 12.0 Å². The van der Waals surface area contributed by atoms with E-state index in [9.17, 15) is 4.79 Å². The van der Waals surface area contributed by atoms with Crippen LogP contribution in [0.4, 0.5) is 5.95 Å². The van der Waals surface area contributed by atoms with Gasteiger partial charge in [0.15, 0.2) is 11.5 Å². The number of halogens is 3. The number of carbonyl (C=O) groups excluding carboxylic acids is 1. The van der Waals surface area contributed by atoms with Crippen molar-refractivity contribution >= 4 is 62.8 Å². The van der Waals surface area contributed by atoms with E-state index >= 15 is 0 Å². The first-order valence-corrected chi connectivity index (χ1v) is 15.0. The van der Waals surface area contributed by atoms with Crippen LogP contribution in [0.15, 0.2) is 81.6 Å². The summed E-state index contributed by atoms with van der Waals surface area (Å²) in [5.74, 6) is 1.61. The third-order valence-electron chi connectivity index (χ3n) is 6.42. The van der Waals surface area contributed by atoms with Crippen molar-refractivity contribution in [3.8, 4) is 11.5 Å². The maximum Gasteiger partial charge on any atom is 0.338 e. The Kier molecular flexibility index (Phi) is 9.13. The van der Waals surface area contributed by atoms with Crippen LogP contribution in [0.2, 0.25) is 10.0 Å². The number of thioether (sulfide) groups is 1. The summed E-state index contributed by atoms with van der Waals surface area (Å²) >= 11 is 17.4. The molecule has 1 atom stereocenters. The van der Waals surface area contributed by atoms with Gasteiger partial charge in [0.05, 0.1) is 24.3 Å². The summed E-state index contributed by atoms with van der Waals surface area (Å²) in [5, 5.41) is 9.84. The molecular weight excluding hydrogens is 651 g/mol. The van der Waals surface area contributed by atoms with Crippen molar-refractivity contribution in [2.75, 3.05) is 19.5 Å². The van der Waals surface area contributed by atoms with Gasteiger partial charge in [0.25, 0.3) is 0 Å². The van der Waals surface area contributed by atoms with Gasteiger partial charge in [0.1, 0.15) is 12.6 Å². The summed E-state index contributed by atoms with van der Waals surface area (Å²) in [7, 11) is 2.92. The molecule has 212 valence electrons. The van der Waals surface area contributed by atoms with Gasteiger partial charge in [-0.25, -0.2) is 9.48 Å². The van der Waals surface area contributed by atoms with Gasteiger partial charge in [-0.05, 0) is 69.9 Å². The molecule has 0 saturated heterocycles. The second-order valence-electron chi connectivity index (χ2n) is 9.05.